The number of thioether (sulfide) groups is 1. The monoisotopic (exact) mass is 423 g/mol. The van der Waals surface area contributed by atoms with Crippen LogP contribution in [-0.4, -0.2) is 38.0 Å². The number of para-hydroxylation sites is 1. The molecule has 0 aliphatic carbocycles. The Morgan fingerprint density at radius 2 is 1.86 bits per heavy atom. The molecular formula is C21H18ClN5OS. The van der Waals surface area contributed by atoms with Crippen LogP contribution in [0.3, 0.4) is 0 Å². The van der Waals surface area contributed by atoms with E-state index >= 15 is 0 Å². The number of carbonyl (C=O) groups excluding carboxylic acids is 1. The van der Waals surface area contributed by atoms with E-state index in [1.165, 1.54) is 23.7 Å². The van der Waals surface area contributed by atoms with Crippen molar-refractivity contribution in [3.63, 3.8) is 0 Å². The third kappa shape index (κ3) is 4.58. The fourth-order valence-corrected chi connectivity index (χ4v) is 3.92. The molecule has 0 fully saturated rings. The highest BCUT2D eigenvalue weighted by Crippen LogP contribution is 2.27. The Balaban J connectivity index is 1.41. The molecule has 0 aliphatic heterocycles. The summed E-state index contributed by atoms with van der Waals surface area (Å²) >= 11 is 7.66. The zero-order valence-corrected chi connectivity index (χ0v) is 17.0. The summed E-state index contributed by atoms with van der Waals surface area (Å²) in [5.41, 5.74) is 2.60. The van der Waals surface area contributed by atoms with Gasteiger partial charge in [0.2, 0.25) is 5.91 Å². The molecule has 0 atom stereocenters. The lowest BCUT2D eigenvalue weighted by Gasteiger charge is -2.07. The lowest BCUT2D eigenvalue weighted by Crippen LogP contribution is -2.27. The van der Waals surface area contributed by atoms with Gasteiger partial charge in [-0.25, -0.2) is 14.6 Å². The van der Waals surface area contributed by atoms with E-state index in [1.54, 1.807) is 16.9 Å². The van der Waals surface area contributed by atoms with Crippen LogP contribution in [0, 0.1) is 0 Å². The quantitative estimate of drug-likeness (QED) is 0.360. The maximum atomic E-state index is 12.2. The van der Waals surface area contributed by atoms with Crippen molar-refractivity contribution >= 4 is 40.3 Å². The molecule has 0 radical (unpaired) electrons. The van der Waals surface area contributed by atoms with Crippen LogP contribution in [0.2, 0.25) is 5.02 Å². The molecule has 0 aliphatic rings. The fraction of sp³-hybridized carbons (Fsp3) is 0.143. The van der Waals surface area contributed by atoms with E-state index in [4.69, 9.17) is 11.6 Å². The summed E-state index contributed by atoms with van der Waals surface area (Å²) in [7, 11) is 0. The number of benzene rings is 2. The molecule has 146 valence electrons. The van der Waals surface area contributed by atoms with Crippen LogP contribution in [-0.2, 0) is 11.2 Å². The number of aromatic nitrogens is 4. The molecule has 29 heavy (non-hydrogen) atoms. The molecule has 0 saturated carbocycles. The Bertz CT molecular complexity index is 1130. The van der Waals surface area contributed by atoms with Gasteiger partial charge in [0.05, 0.1) is 28.0 Å². The average molecular weight is 424 g/mol. The molecule has 0 saturated heterocycles. The summed E-state index contributed by atoms with van der Waals surface area (Å²) in [6, 6.07) is 17.5. The lowest BCUT2D eigenvalue weighted by molar-refractivity contribution is -0.118. The van der Waals surface area contributed by atoms with E-state index in [1.807, 2.05) is 36.4 Å². The Kier molecular flexibility index (Phi) is 6.07. The van der Waals surface area contributed by atoms with E-state index in [0.717, 1.165) is 17.5 Å². The summed E-state index contributed by atoms with van der Waals surface area (Å²) in [5, 5.41) is 9.45. The van der Waals surface area contributed by atoms with Crippen molar-refractivity contribution in [3.8, 4) is 5.69 Å². The molecule has 1 amide bonds. The summed E-state index contributed by atoms with van der Waals surface area (Å²) in [6.07, 6.45) is 3.99. The molecule has 1 N–H and O–H groups in total. The summed E-state index contributed by atoms with van der Waals surface area (Å²) < 4.78 is 1.68. The average Bonchev–Trinajstić information content (AvgIpc) is 3.18. The molecule has 0 bridgehead atoms. The van der Waals surface area contributed by atoms with Gasteiger partial charge >= 0.3 is 0 Å². The SMILES string of the molecule is O=C(CSc1ncnc2c1cnn2-c1ccccc1Cl)NCCc1ccccc1. The molecule has 0 spiro atoms. The standard InChI is InChI=1S/C21H18ClN5OS/c22-17-8-4-5-9-18(17)27-20-16(12-26-27)21(25-14-24-20)29-13-19(28)23-11-10-15-6-2-1-3-7-15/h1-9,12,14H,10-11,13H2,(H,23,28). The predicted octanol–water partition coefficient (Wildman–Crippen LogP) is 3.92. The van der Waals surface area contributed by atoms with Crippen molar-refractivity contribution in [1.29, 1.82) is 0 Å². The smallest absolute Gasteiger partial charge is 0.230 e. The van der Waals surface area contributed by atoms with Gasteiger partial charge in [-0.15, -0.1) is 0 Å². The lowest BCUT2D eigenvalue weighted by atomic mass is 10.1. The van der Waals surface area contributed by atoms with E-state index in [0.29, 0.717) is 22.2 Å². The van der Waals surface area contributed by atoms with Gasteiger partial charge in [0.1, 0.15) is 11.4 Å². The highest BCUT2D eigenvalue weighted by molar-refractivity contribution is 8.00. The minimum atomic E-state index is -0.0313. The fourth-order valence-electron chi connectivity index (χ4n) is 2.91. The zero-order valence-electron chi connectivity index (χ0n) is 15.5. The van der Waals surface area contributed by atoms with Gasteiger partial charge in [0.25, 0.3) is 0 Å². The van der Waals surface area contributed by atoms with Crippen molar-refractivity contribution < 1.29 is 4.79 Å². The summed E-state index contributed by atoms with van der Waals surface area (Å²) in [4.78, 5) is 20.9. The van der Waals surface area contributed by atoms with Crippen LogP contribution in [0.4, 0.5) is 0 Å². The van der Waals surface area contributed by atoms with Crippen molar-refractivity contribution in [2.45, 2.75) is 11.4 Å². The van der Waals surface area contributed by atoms with E-state index < -0.39 is 0 Å². The first kappa shape index (κ1) is 19.4. The van der Waals surface area contributed by atoms with Gasteiger partial charge < -0.3 is 5.32 Å². The first-order valence-corrected chi connectivity index (χ1v) is 10.5. The van der Waals surface area contributed by atoms with E-state index in [-0.39, 0.29) is 11.7 Å². The number of hydrogen-bond acceptors (Lipinski definition) is 5. The number of rotatable bonds is 7. The first-order chi connectivity index (χ1) is 14.2. The van der Waals surface area contributed by atoms with Crippen LogP contribution < -0.4 is 5.32 Å². The van der Waals surface area contributed by atoms with Crippen molar-refractivity contribution in [3.05, 3.63) is 77.7 Å². The Morgan fingerprint density at radius 3 is 2.69 bits per heavy atom. The highest BCUT2D eigenvalue weighted by atomic mass is 35.5. The minimum absolute atomic E-state index is 0.0313. The van der Waals surface area contributed by atoms with Crippen LogP contribution in [0.25, 0.3) is 16.7 Å². The van der Waals surface area contributed by atoms with Crippen LogP contribution >= 0.6 is 23.4 Å². The normalized spacial score (nSPS) is 10.9. The maximum Gasteiger partial charge on any atom is 0.230 e. The van der Waals surface area contributed by atoms with Crippen molar-refractivity contribution in [2.24, 2.45) is 0 Å². The van der Waals surface area contributed by atoms with Crippen molar-refractivity contribution in [2.75, 3.05) is 12.3 Å². The van der Waals surface area contributed by atoms with E-state index in [9.17, 15) is 4.79 Å². The number of carbonyl (C=O) groups is 1. The number of nitrogens with zero attached hydrogens (tertiary/aromatic N) is 4. The third-order valence-electron chi connectivity index (χ3n) is 4.33. The number of amides is 1. The Labute approximate surface area is 177 Å². The van der Waals surface area contributed by atoms with Gasteiger partial charge in [0, 0.05) is 6.54 Å². The Hall–Kier alpha value is -2.90. The maximum absolute atomic E-state index is 12.2. The highest BCUT2D eigenvalue weighted by Gasteiger charge is 2.14. The van der Waals surface area contributed by atoms with Gasteiger partial charge in [-0.1, -0.05) is 65.8 Å². The second-order valence-electron chi connectivity index (χ2n) is 6.30. The van der Waals surface area contributed by atoms with Gasteiger partial charge in [-0.05, 0) is 24.1 Å². The van der Waals surface area contributed by atoms with Crippen LogP contribution in [0.15, 0.2) is 72.1 Å². The minimum Gasteiger partial charge on any atom is -0.355 e. The molecule has 4 aromatic rings. The molecule has 2 aromatic carbocycles. The van der Waals surface area contributed by atoms with E-state index in [2.05, 4.69) is 32.5 Å². The van der Waals surface area contributed by atoms with Crippen LogP contribution in [0.5, 0.6) is 0 Å². The molecule has 4 rings (SSSR count). The molecule has 0 unspecified atom stereocenters. The Morgan fingerprint density at radius 1 is 1.07 bits per heavy atom. The van der Waals surface area contributed by atoms with Crippen molar-refractivity contribution in [1.82, 2.24) is 25.1 Å². The number of halogens is 1. The molecule has 8 heteroatoms. The number of nitrogens with one attached hydrogen (secondary N) is 1. The number of fused-ring (bicyclic) bond motifs is 1. The molecular weight excluding hydrogens is 406 g/mol. The second kappa shape index (κ2) is 9.07. The second-order valence-corrected chi connectivity index (χ2v) is 7.67. The molecule has 2 aromatic heterocycles. The van der Waals surface area contributed by atoms with Gasteiger partial charge in [-0.2, -0.15) is 5.10 Å². The third-order valence-corrected chi connectivity index (χ3v) is 5.65. The van der Waals surface area contributed by atoms with Crippen LogP contribution in [0.1, 0.15) is 5.56 Å². The molecule has 2 heterocycles. The zero-order chi connectivity index (χ0) is 20.1. The predicted molar refractivity (Wildman–Crippen MR) is 116 cm³/mol. The summed E-state index contributed by atoms with van der Waals surface area (Å²) in [6.45, 7) is 0.604. The number of hydrogen-bond donors (Lipinski definition) is 1. The van der Waals surface area contributed by atoms with Gasteiger partial charge in [-0.3, -0.25) is 4.79 Å². The summed E-state index contributed by atoms with van der Waals surface area (Å²) in [5.74, 6) is 0.245. The topological polar surface area (TPSA) is 72.7 Å². The first-order valence-electron chi connectivity index (χ1n) is 9.09. The molecule has 6 nitrogen and oxygen atoms in total. The van der Waals surface area contributed by atoms with Gasteiger partial charge in [0.15, 0.2) is 5.65 Å². The largest absolute Gasteiger partial charge is 0.355 e.